The van der Waals surface area contributed by atoms with Crippen LogP contribution in [-0.2, 0) is 11.3 Å². The second kappa shape index (κ2) is 9.80. The maximum absolute atomic E-state index is 11.5. The fourth-order valence-electron chi connectivity index (χ4n) is 4.14. The number of carbonyl (C=O) groups excluding carboxylic acids is 2. The number of fused-ring (bicyclic) bond motifs is 1. The quantitative estimate of drug-likeness (QED) is 0.428. The van der Waals surface area contributed by atoms with Gasteiger partial charge in [0.25, 0.3) is 0 Å². The van der Waals surface area contributed by atoms with Crippen molar-refractivity contribution < 1.29 is 9.59 Å². The summed E-state index contributed by atoms with van der Waals surface area (Å²) in [4.78, 5) is 36.3. The lowest BCUT2D eigenvalue weighted by molar-refractivity contribution is -0.129. The molecule has 32 heavy (non-hydrogen) atoms. The Balaban J connectivity index is 1.46. The third-order valence-corrected chi connectivity index (χ3v) is 5.99. The fourth-order valence-corrected chi connectivity index (χ4v) is 4.14. The van der Waals surface area contributed by atoms with Gasteiger partial charge in [-0.05, 0) is 36.8 Å². The number of piperazine rings is 1. The topological polar surface area (TPSA) is 83.4 Å². The fraction of sp³-hybridized carbons (Fsp3) is 0.417. The van der Waals surface area contributed by atoms with E-state index in [-0.39, 0.29) is 5.91 Å². The molecule has 1 aliphatic rings. The van der Waals surface area contributed by atoms with Crippen LogP contribution in [-0.4, -0.2) is 57.8 Å². The average molecular weight is 435 g/mol. The number of carbonyl (C=O) groups is 2. The van der Waals surface area contributed by atoms with Crippen molar-refractivity contribution in [1.82, 2.24) is 19.4 Å². The molecule has 8 heteroatoms. The minimum absolute atomic E-state index is 0.137. The molecule has 1 fully saturated rings. The Labute approximate surface area is 188 Å². The molecule has 3 aromatic rings. The van der Waals surface area contributed by atoms with Gasteiger partial charge in [0, 0.05) is 62.6 Å². The molecule has 0 radical (unpaired) electrons. The van der Waals surface area contributed by atoms with Crippen molar-refractivity contribution in [2.75, 3.05) is 36.4 Å². The minimum atomic E-state index is 0.137. The number of hydrogen-bond donors (Lipinski definition) is 1. The Morgan fingerprint density at radius 1 is 1.12 bits per heavy atom. The highest BCUT2D eigenvalue weighted by Crippen LogP contribution is 2.23. The van der Waals surface area contributed by atoms with Crippen LogP contribution in [0.25, 0.3) is 11.0 Å². The van der Waals surface area contributed by atoms with Crippen molar-refractivity contribution in [3.8, 4) is 0 Å². The third kappa shape index (κ3) is 4.74. The Hall–Kier alpha value is -3.42. The smallest absolute Gasteiger partial charge is 0.229 e. The van der Waals surface area contributed by atoms with Crippen LogP contribution in [0.3, 0.4) is 0 Å². The van der Waals surface area contributed by atoms with E-state index in [2.05, 4.69) is 39.2 Å². The molecule has 0 atom stereocenters. The summed E-state index contributed by atoms with van der Waals surface area (Å²) in [6, 6.07) is 10.0. The standard InChI is InChI=1S/C24H30N6O2/c1-3-4-5-10-30-22(17-31)15-19-16-25-24(27-23(19)30)26-20-6-8-21(9-7-20)29-13-11-28(12-14-29)18(2)32/h6-9,15-17H,3-5,10-14H2,1-2H3,(H,25,26,27). The van der Waals surface area contributed by atoms with Crippen LogP contribution < -0.4 is 10.2 Å². The van der Waals surface area contributed by atoms with Gasteiger partial charge in [-0.2, -0.15) is 4.98 Å². The van der Waals surface area contributed by atoms with E-state index in [1.54, 1.807) is 13.1 Å². The number of aldehydes is 1. The van der Waals surface area contributed by atoms with Crippen molar-refractivity contribution in [3.05, 3.63) is 42.2 Å². The van der Waals surface area contributed by atoms with Crippen molar-refractivity contribution in [2.45, 2.75) is 39.7 Å². The molecule has 1 aromatic carbocycles. The summed E-state index contributed by atoms with van der Waals surface area (Å²) in [6.45, 7) is 7.73. The van der Waals surface area contributed by atoms with Crippen molar-refractivity contribution in [1.29, 1.82) is 0 Å². The van der Waals surface area contributed by atoms with E-state index in [1.165, 1.54) is 0 Å². The van der Waals surface area contributed by atoms with E-state index in [9.17, 15) is 9.59 Å². The highest BCUT2D eigenvalue weighted by molar-refractivity contribution is 5.87. The largest absolute Gasteiger partial charge is 0.368 e. The summed E-state index contributed by atoms with van der Waals surface area (Å²) in [7, 11) is 0. The third-order valence-electron chi connectivity index (χ3n) is 5.99. The zero-order valence-corrected chi connectivity index (χ0v) is 18.8. The van der Waals surface area contributed by atoms with Crippen LogP contribution in [0.4, 0.5) is 17.3 Å². The van der Waals surface area contributed by atoms with Gasteiger partial charge in [-0.1, -0.05) is 19.8 Å². The van der Waals surface area contributed by atoms with Gasteiger partial charge in [0.2, 0.25) is 11.9 Å². The van der Waals surface area contributed by atoms with E-state index in [0.717, 1.165) is 80.7 Å². The first-order valence-corrected chi connectivity index (χ1v) is 11.3. The van der Waals surface area contributed by atoms with Crippen LogP contribution in [0.5, 0.6) is 0 Å². The molecule has 1 saturated heterocycles. The molecular weight excluding hydrogens is 404 g/mol. The molecule has 1 N–H and O–H groups in total. The van der Waals surface area contributed by atoms with Gasteiger partial charge < -0.3 is 19.7 Å². The number of aryl methyl sites for hydroxylation is 1. The molecule has 0 saturated carbocycles. The van der Waals surface area contributed by atoms with Crippen LogP contribution >= 0.6 is 0 Å². The van der Waals surface area contributed by atoms with E-state index in [4.69, 9.17) is 0 Å². The molecule has 2 aromatic heterocycles. The van der Waals surface area contributed by atoms with E-state index >= 15 is 0 Å². The van der Waals surface area contributed by atoms with Crippen molar-refractivity contribution in [3.63, 3.8) is 0 Å². The number of aromatic nitrogens is 3. The van der Waals surface area contributed by atoms with Gasteiger partial charge in [-0.25, -0.2) is 4.98 Å². The molecule has 8 nitrogen and oxygen atoms in total. The summed E-state index contributed by atoms with van der Waals surface area (Å²) in [5.41, 5.74) is 3.45. The Kier molecular flexibility index (Phi) is 6.68. The molecule has 0 aliphatic carbocycles. The highest BCUT2D eigenvalue weighted by atomic mass is 16.2. The van der Waals surface area contributed by atoms with Crippen LogP contribution in [0.1, 0.15) is 43.6 Å². The monoisotopic (exact) mass is 434 g/mol. The lowest BCUT2D eigenvalue weighted by Gasteiger charge is -2.35. The summed E-state index contributed by atoms with van der Waals surface area (Å²) in [5.74, 6) is 0.644. The number of nitrogens with one attached hydrogen (secondary N) is 1. The van der Waals surface area contributed by atoms with Gasteiger partial charge in [-0.15, -0.1) is 0 Å². The van der Waals surface area contributed by atoms with Crippen molar-refractivity contribution >= 4 is 40.5 Å². The second-order valence-electron chi connectivity index (χ2n) is 8.18. The Morgan fingerprint density at radius 2 is 1.88 bits per heavy atom. The normalized spacial score (nSPS) is 14.1. The number of rotatable bonds is 8. The molecule has 0 bridgehead atoms. The Bertz CT molecular complexity index is 1080. The molecule has 4 rings (SSSR count). The van der Waals surface area contributed by atoms with Crippen LogP contribution in [0, 0.1) is 0 Å². The highest BCUT2D eigenvalue weighted by Gasteiger charge is 2.18. The number of nitrogens with zero attached hydrogens (tertiary/aromatic N) is 5. The maximum atomic E-state index is 11.5. The molecule has 1 amide bonds. The lowest BCUT2D eigenvalue weighted by atomic mass is 10.2. The predicted molar refractivity (Wildman–Crippen MR) is 127 cm³/mol. The van der Waals surface area contributed by atoms with Gasteiger partial charge in [0.15, 0.2) is 6.29 Å². The van der Waals surface area contributed by atoms with Crippen LogP contribution in [0.2, 0.25) is 0 Å². The molecule has 0 unspecified atom stereocenters. The zero-order chi connectivity index (χ0) is 22.5. The second-order valence-corrected chi connectivity index (χ2v) is 8.18. The molecule has 1 aliphatic heterocycles. The minimum Gasteiger partial charge on any atom is -0.368 e. The lowest BCUT2D eigenvalue weighted by Crippen LogP contribution is -2.48. The van der Waals surface area contributed by atoms with Gasteiger partial charge >= 0.3 is 0 Å². The number of amides is 1. The summed E-state index contributed by atoms with van der Waals surface area (Å²) >= 11 is 0. The number of benzene rings is 1. The number of anilines is 3. The van der Waals surface area contributed by atoms with Crippen LogP contribution in [0.15, 0.2) is 36.5 Å². The van der Waals surface area contributed by atoms with Gasteiger partial charge in [0.05, 0.1) is 5.69 Å². The zero-order valence-electron chi connectivity index (χ0n) is 18.8. The summed E-state index contributed by atoms with van der Waals surface area (Å²) in [6.07, 6.45) is 5.90. The molecule has 168 valence electrons. The number of unbranched alkanes of at least 4 members (excludes halogenated alkanes) is 2. The molecular formula is C24H30N6O2. The number of hydrogen-bond acceptors (Lipinski definition) is 6. The van der Waals surface area contributed by atoms with Gasteiger partial charge in [0.1, 0.15) is 5.65 Å². The van der Waals surface area contributed by atoms with E-state index in [0.29, 0.717) is 11.6 Å². The first-order valence-electron chi connectivity index (χ1n) is 11.3. The predicted octanol–water partition coefficient (Wildman–Crippen LogP) is 3.85. The van der Waals surface area contributed by atoms with Crippen molar-refractivity contribution in [2.24, 2.45) is 0 Å². The first kappa shape index (κ1) is 21.8. The summed E-state index contributed by atoms with van der Waals surface area (Å²) in [5, 5.41) is 4.14. The Morgan fingerprint density at radius 3 is 2.53 bits per heavy atom. The molecule has 0 spiro atoms. The summed E-state index contributed by atoms with van der Waals surface area (Å²) < 4.78 is 1.98. The van der Waals surface area contributed by atoms with E-state index < -0.39 is 0 Å². The average Bonchev–Trinajstić information content (AvgIpc) is 3.17. The van der Waals surface area contributed by atoms with Gasteiger partial charge in [-0.3, -0.25) is 9.59 Å². The maximum Gasteiger partial charge on any atom is 0.229 e. The van der Waals surface area contributed by atoms with E-state index in [1.807, 2.05) is 27.7 Å². The molecule has 3 heterocycles. The first-order chi connectivity index (χ1) is 15.6. The SMILES string of the molecule is CCCCCn1c(C=O)cc2cnc(Nc3ccc(N4CCN(C(C)=O)CC4)cc3)nc21.